The Morgan fingerprint density at radius 1 is 1.10 bits per heavy atom. The van der Waals surface area contributed by atoms with Crippen LogP contribution in [-0.4, -0.2) is 40.7 Å². The zero-order valence-electron chi connectivity index (χ0n) is 17.1. The molecule has 2 aromatic heterocycles. The van der Waals surface area contributed by atoms with Gasteiger partial charge in [0.2, 0.25) is 5.91 Å². The smallest absolute Gasteiger partial charge is 0.251 e. The lowest BCUT2D eigenvalue weighted by Gasteiger charge is -2.07. The summed E-state index contributed by atoms with van der Waals surface area (Å²) in [6, 6.07) is 10.7. The molecular formula is C22H25N5O3. The first-order valence-electron chi connectivity index (χ1n) is 9.82. The van der Waals surface area contributed by atoms with Gasteiger partial charge in [0.25, 0.3) is 5.91 Å². The number of nitrogens with zero attached hydrogens (tertiary/aromatic N) is 2. The second-order valence-electron chi connectivity index (χ2n) is 6.65. The van der Waals surface area contributed by atoms with Gasteiger partial charge in [-0.1, -0.05) is 6.92 Å². The number of aromatic amines is 1. The molecule has 3 N–H and O–H groups in total. The number of carbonyl (C=O) groups excluding carboxylic acids is 2. The molecular weight excluding hydrogens is 382 g/mol. The van der Waals surface area contributed by atoms with E-state index in [0.29, 0.717) is 30.1 Å². The summed E-state index contributed by atoms with van der Waals surface area (Å²) in [4.78, 5) is 28.5. The predicted molar refractivity (Wildman–Crippen MR) is 114 cm³/mol. The van der Waals surface area contributed by atoms with E-state index in [2.05, 4.69) is 25.8 Å². The number of H-pyrrole nitrogens is 1. The number of nitrogens with one attached hydrogen (secondary N) is 3. The highest BCUT2D eigenvalue weighted by atomic mass is 16.5. The molecule has 0 atom stereocenters. The Bertz CT molecular complexity index is 984. The lowest BCUT2D eigenvalue weighted by molar-refractivity contribution is -0.116. The van der Waals surface area contributed by atoms with Crippen LogP contribution in [0.25, 0.3) is 11.3 Å². The molecule has 0 unspecified atom stereocenters. The maximum atomic E-state index is 12.3. The quantitative estimate of drug-likeness (QED) is 0.472. The van der Waals surface area contributed by atoms with Crippen LogP contribution in [0.1, 0.15) is 35.7 Å². The molecule has 0 fully saturated rings. The first-order valence-corrected chi connectivity index (χ1v) is 9.82. The highest BCUT2D eigenvalue weighted by Gasteiger charge is 2.15. The fraction of sp³-hybridized carbons (Fsp3) is 0.273. The number of ether oxygens (including phenoxy) is 1. The minimum atomic E-state index is -0.180. The summed E-state index contributed by atoms with van der Waals surface area (Å²) in [5, 5.41) is 12.9. The molecule has 3 aromatic rings. The van der Waals surface area contributed by atoms with Crippen molar-refractivity contribution < 1.29 is 14.3 Å². The van der Waals surface area contributed by atoms with E-state index >= 15 is 0 Å². The van der Waals surface area contributed by atoms with E-state index in [1.807, 2.05) is 19.1 Å². The minimum absolute atomic E-state index is 0.142. The summed E-state index contributed by atoms with van der Waals surface area (Å²) < 4.78 is 5.08. The summed E-state index contributed by atoms with van der Waals surface area (Å²) in [5.74, 6) is 0.911. The Balaban J connectivity index is 1.48. The van der Waals surface area contributed by atoms with Gasteiger partial charge in [0.05, 0.1) is 12.8 Å². The number of amides is 2. The van der Waals surface area contributed by atoms with Gasteiger partial charge in [0.15, 0.2) is 5.82 Å². The summed E-state index contributed by atoms with van der Waals surface area (Å²) >= 11 is 0. The summed E-state index contributed by atoms with van der Waals surface area (Å²) in [5.41, 5.74) is 3.34. The molecule has 3 rings (SSSR count). The first-order chi connectivity index (χ1) is 14.6. The van der Waals surface area contributed by atoms with Crippen molar-refractivity contribution in [2.24, 2.45) is 0 Å². The zero-order chi connectivity index (χ0) is 21.3. The number of pyridine rings is 1. The fourth-order valence-corrected chi connectivity index (χ4v) is 3.06. The van der Waals surface area contributed by atoms with Crippen molar-refractivity contribution in [2.45, 2.75) is 26.2 Å². The van der Waals surface area contributed by atoms with Gasteiger partial charge < -0.3 is 15.4 Å². The van der Waals surface area contributed by atoms with Gasteiger partial charge in [0.1, 0.15) is 5.75 Å². The third-order valence-corrected chi connectivity index (χ3v) is 4.67. The maximum Gasteiger partial charge on any atom is 0.251 e. The Morgan fingerprint density at radius 3 is 2.50 bits per heavy atom. The molecule has 0 aliphatic rings. The van der Waals surface area contributed by atoms with Gasteiger partial charge in [-0.25, -0.2) is 0 Å². The molecule has 30 heavy (non-hydrogen) atoms. The average molecular weight is 407 g/mol. The van der Waals surface area contributed by atoms with E-state index in [-0.39, 0.29) is 18.2 Å². The Labute approximate surface area is 175 Å². The number of methoxy groups -OCH3 is 1. The normalized spacial score (nSPS) is 10.5. The predicted octanol–water partition coefficient (Wildman–Crippen LogP) is 3.19. The Morgan fingerprint density at radius 2 is 1.83 bits per heavy atom. The van der Waals surface area contributed by atoms with Crippen molar-refractivity contribution in [1.82, 2.24) is 20.5 Å². The van der Waals surface area contributed by atoms with E-state index in [0.717, 1.165) is 23.2 Å². The van der Waals surface area contributed by atoms with Gasteiger partial charge >= 0.3 is 0 Å². The molecule has 0 saturated heterocycles. The third-order valence-electron chi connectivity index (χ3n) is 4.67. The Hall–Kier alpha value is -3.68. The van der Waals surface area contributed by atoms with Crippen LogP contribution < -0.4 is 15.4 Å². The van der Waals surface area contributed by atoms with Crippen LogP contribution in [0.2, 0.25) is 0 Å². The van der Waals surface area contributed by atoms with Crippen molar-refractivity contribution in [3.8, 4) is 17.0 Å². The topological polar surface area (TPSA) is 109 Å². The highest BCUT2D eigenvalue weighted by molar-refractivity contribution is 5.94. The van der Waals surface area contributed by atoms with Gasteiger partial charge in [0, 0.05) is 42.0 Å². The highest BCUT2D eigenvalue weighted by Crippen LogP contribution is 2.26. The summed E-state index contributed by atoms with van der Waals surface area (Å²) in [6.07, 6.45) is 4.96. The lowest BCUT2D eigenvalue weighted by Crippen LogP contribution is -2.25. The standard InChI is InChI=1S/C22H25N5O3/c1-3-18-20(15-10-13-23-14-11-15)26-27-21(18)25-19(28)5-4-12-24-22(29)16-6-8-17(30-2)9-7-16/h6-11,13-14H,3-5,12H2,1-2H3,(H,24,29)(H2,25,26,27,28). The molecule has 2 amide bonds. The molecule has 0 aliphatic heterocycles. The zero-order valence-corrected chi connectivity index (χ0v) is 17.1. The monoisotopic (exact) mass is 407 g/mol. The number of carbonyl (C=O) groups is 2. The molecule has 0 aliphatic carbocycles. The number of hydrogen-bond donors (Lipinski definition) is 3. The number of anilines is 1. The number of hydrogen-bond acceptors (Lipinski definition) is 5. The second-order valence-corrected chi connectivity index (χ2v) is 6.65. The summed E-state index contributed by atoms with van der Waals surface area (Å²) in [6.45, 7) is 2.42. The van der Waals surface area contributed by atoms with Crippen LogP contribution in [0.15, 0.2) is 48.8 Å². The maximum absolute atomic E-state index is 12.3. The van der Waals surface area contributed by atoms with E-state index in [4.69, 9.17) is 4.74 Å². The third kappa shape index (κ3) is 5.22. The van der Waals surface area contributed by atoms with Crippen molar-refractivity contribution in [1.29, 1.82) is 0 Å². The van der Waals surface area contributed by atoms with E-state index in [1.54, 1.807) is 43.8 Å². The molecule has 1 aromatic carbocycles. The van der Waals surface area contributed by atoms with Crippen LogP contribution in [0.4, 0.5) is 5.82 Å². The molecule has 0 spiro atoms. The lowest BCUT2D eigenvalue weighted by atomic mass is 10.1. The number of rotatable bonds is 9. The van der Waals surface area contributed by atoms with Crippen molar-refractivity contribution in [3.63, 3.8) is 0 Å². The first kappa shape index (κ1) is 21.0. The van der Waals surface area contributed by atoms with Gasteiger partial charge in [-0.2, -0.15) is 5.10 Å². The molecule has 0 bridgehead atoms. The second kappa shape index (κ2) is 10.2. The molecule has 8 nitrogen and oxygen atoms in total. The van der Waals surface area contributed by atoms with Gasteiger partial charge in [-0.15, -0.1) is 0 Å². The summed E-state index contributed by atoms with van der Waals surface area (Å²) in [7, 11) is 1.58. The minimum Gasteiger partial charge on any atom is -0.497 e. The van der Waals surface area contributed by atoms with Gasteiger partial charge in [-0.05, 0) is 49.2 Å². The fourth-order valence-electron chi connectivity index (χ4n) is 3.06. The van der Waals surface area contributed by atoms with Crippen molar-refractivity contribution >= 4 is 17.6 Å². The van der Waals surface area contributed by atoms with Crippen LogP contribution in [0, 0.1) is 0 Å². The molecule has 156 valence electrons. The molecule has 0 saturated carbocycles. The van der Waals surface area contributed by atoms with Gasteiger partial charge in [-0.3, -0.25) is 19.7 Å². The largest absolute Gasteiger partial charge is 0.497 e. The van der Waals surface area contributed by atoms with Crippen molar-refractivity contribution in [3.05, 3.63) is 59.9 Å². The Kier molecular flexibility index (Phi) is 7.15. The van der Waals surface area contributed by atoms with Crippen molar-refractivity contribution in [2.75, 3.05) is 19.0 Å². The van der Waals surface area contributed by atoms with E-state index < -0.39 is 0 Å². The number of benzene rings is 1. The van der Waals surface area contributed by atoms with E-state index in [9.17, 15) is 9.59 Å². The molecule has 2 heterocycles. The average Bonchev–Trinajstić information content (AvgIpc) is 3.19. The van der Waals surface area contributed by atoms with Crippen LogP contribution in [-0.2, 0) is 11.2 Å². The molecule has 0 radical (unpaired) electrons. The van der Waals surface area contributed by atoms with Crippen LogP contribution in [0.5, 0.6) is 5.75 Å². The number of aromatic nitrogens is 3. The molecule has 8 heteroatoms. The SMILES string of the molecule is CCc1c(NC(=O)CCCNC(=O)c2ccc(OC)cc2)n[nH]c1-c1ccncc1. The van der Waals surface area contributed by atoms with E-state index in [1.165, 1.54) is 0 Å². The van der Waals surface area contributed by atoms with Crippen LogP contribution >= 0.6 is 0 Å². The van der Waals surface area contributed by atoms with Crippen LogP contribution in [0.3, 0.4) is 0 Å².